The fourth-order valence-electron chi connectivity index (χ4n) is 3.28. The summed E-state index contributed by atoms with van der Waals surface area (Å²) in [5.41, 5.74) is 4.94. The Hall–Kier alpha value is -3.58. The summed E-state index contributed by atoms with van der Waals surface area (Å²) >= 11 is 1.52. The van der Waals surface area contributed by atoms with Crippen molar-refractivity contribution in [3.05, 3.63) is 81.7 Å². The number of aromatic nitrogens is 1. The molecule has 0 aliphatic carbocycles. The van der Waals surface area contributed by atoms with Crippen LogP contribution in [0.15, 0.2) is 74.7 Å². The molecule has 2 aromatic carbocycles. The van der Waals surface area contributed by atoms with Crippen molar-refractivity contribution in [2.45, 2.75) is 13.8 Å². The van der Waals surface area contributed by atoms with Gasteiger partial charge in [0.2, 0.25) is 11.6 Å². The molecule has 6 nitrogen and oxygen atoms in total. The molecular formula is C23H19N3O3S. The molecule has 0 fully saturated rings. The maximum Gasteiger partial charge on any atom is 0.231 e. The lowest BCUT2D eigenvalue weighted by atomic mass is 10.1. The number of furan rings is 1. The number of hydrogen-bond donors (Lipinski definition) is 0. The first-order chi connectivity index (χ1) is 14.7. The average Bonchev–Trinajstić information content (AvgIpc) is 3.49. The van der Waals surface area contributed by atoms with Crippen LogP contribution in [0.25, 0.3) is 11.5 Å². The van der Waals surface area contributed by atoms with Gasteiger partial charge in [-0.25, -0.2) is 9.67 Å². The molecule has 30 heavy (non-hydrogen) atoms. The first kappa shape index (κ1) is 18.4. The summed E-state index contributed by atoms with van der Waals surface area (Å²) in [7, 11) is 0. The number of benzene rings is 2. The second-order valence-electron chi connectivity index (χ2n) is 6.90. The monoisotopic (exact) mass is 417 g/mol. The van der Waals surface area contributed by atoms with Crippen molar-refractivity contribution in [3.63, 3.8) is 0 Å². The van der Waals surface area contributed by atoms with E-state index in [1.54, 1.807) is 17.2 Å². The van der Waals surface area contributed by atoms with Crippen molar-refractivity contribution < 1.29 is 13.9 Å². The van der Waals surface area contributed by atoms with E-state index in [0.717, 1.165) is 50.1 Å². The summed E-state index contributed by atoms with van der Waals surface area (Å²) in [5.74, 6) is 2.20. The minimum atomic E-state index is 0.247. The van der Waals surface area contributed by atoms with Gasteiger partial charge in [0.1, 0.15) is 5.69 Å². The molecule has 0 atom stereocenters. The van der Waals surface area contributed by atoms with Crippen LogP contribution >= 0.6 is 11.3 Å². The minimum Gasteiger partial charge on any atom is -0.463 e. The quantitative estimate of drug-likeness (QED) is 0.425. The van der Waals surface area contributed by atoms with E-state index < -0.39 is 0 Å². The molecule has 0 saturated heterocycles. The van der Waals surface area contributed by atoms with Crippen LogP contribution in [0.5, 0.6) is 11.5 Å². The number of rotatable bonds is 4. The molecule has 7 heteroatoms. The van der Waals surface area contributed by atoms with Crippen molar-refractivity contribution in [1.29, 1.82) is 0 Å². The summed E-state index contributed by atoms with van der Waals surface area (Å²) in [6, 6.07) is 15.7. The van der Waals surface area contributed by atoms with E-state index in [1.165, 1.54) is 11.3 Å². The highest BCUT2D eigenvalue weighted by atomic mass is 32.1. The van der Waals surface area contributed by atoms with Gasteiger partial charge < -0.3 is 13.9 Å². The van der Waals surface area contributed by atoms with Crippen LogP contribution in [0.2, 0.25) is 0 Å². The lowest BCUT2D eigenvalue weighted by Crippen LogP contribution is -2.11. The predicted molar refractivity (Wildman–Crippen MR) is 117 cm³/mol. The van der Waals surface area contributed by atoms with Gasteiger partial charge >= 0.3 is 0 Å². The molecule has 0 radical (unpaired) electrons. The number of ether oxygens (including phenoxy) is 2. The molecule has 0 saturated carbocycles. The van der Waals surface area contributed by atoms with E-state index in [9.17, 15) is 0 Å². The molecule has 1 aliphatic rings. The third-order valence-corrected chi connectivity index (χ3v) is 5.64. The number of aryl methyl sites for hydroxylation is 2. The second-order valence-corrected chi connectivity index (χ2v) is 7.74. The van der Waals surface area contributed by atoms with E-state index >= 15 is 0 Å². The zero-order valence-corrected chi connectivity index (χ0v) is 17.3. The Morgan fingerprint density at radius 1 is 1.00 bits per heavy atom. The SMILES string of the molecule is Cc1cccc(C)c1N=c1scc(-c2ccco2)n1N=Cc1ccc2c(c1)OCO2. The maximum absolute atomic E-state index is 5.62. The molecule has 5 rings (SSSR count). The molecule has 2 aromatic heterocycles. The van der Waals surface area contributed by atoms with Crippen LogP contribution in [0.3, 0.4) is 0 Å². The van der Waals surface area contributed by atoms with Crippen molar-refractivity contribution >= 4 is 23.2 Å². The molecule has 150 valence electrons. The first-order valence-electron chi connectivity index (χ1n) is 9.48. The molecule has 0 spiro atoms. The Morgan fingerprint density at radius 3 is 2.63 bits per heavy atom. The van der Waals surface area contributed by atoms with Crippen molar-refractivity contribution in [2.24, 2.45) is 10.1 Å². The molecular weight excluding hydrogens is 398 g/mol. The predicted octanol–water partition coefficient (Wildman–Crippen LogP) is 5.27. The largest absolute Gasteiger partial charge is 0.463 e. The fraction of sp³-hybridized carbons (Fsp3) is 0.130. The number of hydrogen-bond acceptors (Lipinski definition) is 6. The van der Waals surface area contributed by atoms with Gasteiger partial charge in [-0.3, -0.25) is 0 Å². The Morgan fingerprint density at radius 2 is 1.83 bits per heavy atom. The Kier molecular flexibility index (Phi) is 4.72. The van der Waals surface area contributed by atoms with Crippen LogP contribution in [0, 0.1) is 13.8 Å². The zero-order valence-electron chi connectivity index (χ0n) is 16.5. The summed E-state index contributed by atoms with van der Waals surface area (Å²) in [4.78, 5) is 5.68. The summed E-state index contributed by atoms with van der Waals surface area (Å²) < 4.78 is 18.3. The van der Waals surface area contributed by atoms with Crippen molar-refractivity contribution in [3.8, 4) is 23.0 Å². The second kappa shape index (κ2) is 7.68. The van der Waals surface area contributed by atoms with Crippen LogP contribution in [0.1, 0.15) is 16.7 Å². The van der Waals surface area contributed by atoms with Gasteiger partial charge in [-0.2, -0.15) is 5.10 Å². The molecule has 0 bridgehead atoms. The maximum atomic E-state index is 5.62. The molecule has 3 heterocycles. The lowest BCUT2D eigenvalue weighted by Gasteiger charge is -2.04. The highest BCUT2D eigenvalue weighted by Crippen LogP contribution is 2.32. The van der Waals surface area contributed by atoms with E-state index in [-0.39, 0.29) is 6.79 Å². The molecule has 0 N–H and O–H groups in total. The van der Waals surface area contributed by atoms with Crippen LogP contribution in [-0.4, -0.2) is 17.7 Å². The highest BCUT2D eigenvalue weighted by molar-refractivity contribution is 7.07. The van der Waals surface area contributed by atoms with Gasteiger partial charge in [0.05, 0.1) is 18.2 Å². The van der Waals surface area contributed by atoms with Crippen LogP contribution < -0.4 is 14.3 Å². The number of nitrogens with zero attached hydrogens (tertiary/aromatic N) is 3. The molecule has 0 amide bonds. The normalized spacial score (nSPS) is 13.5. The van der Waals surface area contributed by atoms with E-state index in [0.29, 0.717) is 0 Å². The summed E-state index contributed by atoms with van der Waals surface area (Å²) in [6.07, 6.45) is 3.44. The van der Waals surface area contributed by atoms with Gasteiger partial charge in [-0.15, -0.1) is 11.3 Å². The van der Waals surface area contributed by atoms with Gasteiger partial charge in [-0.05, 0) is 60.9 Å². The lowest BCUT2D eigenvalue weighted by molar-refractivity contribution is 0.174. The first-order valence-corrected chi connectivity index (χ1v) is 10.4. The molecule has 0 unspecified atom stereocenters. The third-order valence-electron chi connectivity index (χ3n) is 4.82. The Labute approximate surface area is 177 Å². The molecule has 4 aromatic rings. The Balaban J connectivity index is 1.62. The van der Waals surface area contributed by atoms with Crippen molar-refractivity contribution in [2.75, 3.05) is 6.79 Å². The van der Waals surface area contributed by atoms with Crippen molar-refractivity contribution in [1.82, 2.24) is 4.68 Å². The number of thiazole rings is 1. The third kappa shape index (κ3) is 3.44. The van der Waals surface area contributed by atoms with Gasteiger partial charge in [0.15, 0.2) is 17.3 Å². The standard InChI is InChI=1S/C23H19N3O3S/c1-15-5-3-6-16(2)22(15)25-23-26(18(13-30-23)19-7-4-10-27-19)24-12-17-8-9-20-21(11-17)29-14-28-20/h3-13H,14H2,1-2H3. The fourth-order valence-corrected chi connectivity index (χ4v) is 4.10. The highest BCUT2D eigenvalue weighted by Gasteiger charge is 2.14. The van der Waals surface area contributed by atoms with Gasteiger partial charge in [-0.1, -0.05) is 18.2 Å². The topological polar surface area (TPSA) is 61.2 Å². The smallest absolute Gasteiger partial charge is 0.231 e. The zero-order chi connectivity index (χ0) is 20.5. The Bertz CT molecular complexity index is 1280. The number of para-hydroxylation sites is 1. The van der Waals surface area contributed by atoms with Gasteiger partial charge in [0.25, 0.3) is 0 Å². The number of fused-ring (bicyclic) bond motifs is 1. The van der Waals surface area contributed by atoms with Gasteiger partial charge in [0, 0.05) is 5.38 Å². The average molecular weight is 417 g/mol. The summed E-state index contributed by atoms with van der Waals surface area (Å²) in [6.45, 7) is 4.37. The minimum absolute atomic E-state index is 0.247. The van der Waals surface area contributed by atoms with E-state index in [1.807, 2.05) is 41.8 Å². The summed E-state index contributed by atoms with van der Waals surface area (Å²) in [5, 5.41) is 6.73. The van der Waals surface area contributed by atoms with E-state index in [4.69, 9.17) is 24.0 Å². The van der Waals surface area contributed by atoms with Crippen LogP contribution in [-0.2, 0) is 0 Å². The molecule has 1 aliphatic heterocycles. The van der Waals surface area contributed by atoms with E-state index in [2.05, 4.69) is 26.0 Å². The van der Waals surface area contributed by atoms with Crippen LogP contribution in [0.4, 0.5) is 5.69 Å².